The van der Waals surface area contributed by atoms with Gasteiger partial charge in [0.15, 0.2) is 0 Å². The molecule has 8 atom stereocenters. The molecule has 4 aromatic carbocycles. The average molecular weight is 666 g/mol. The van der Waals surface area contributed by atoms with Crippen molar-refractivity contribution in [2.24, 2.45) is 0 Å². The molecule has 0 saturated carbocycles. The smallest absolute Gasteiger partial charge is 0.241 e. The maximum absolute atomic E-state index is 13.6. The summed E-state index contributed by atoms with van der Waals surface area (Å²) in [5, 5.41) is 61.3. The van der Waals surface area contributed by atoms with Crippen LogP contribution in [0.25, 0.3) is 11.1 Å². The molecule has 2 fully saturated rings. The minimum atomic E-state index is -3.84. The Morgan fingerprint density at radius 1 is 0.830 bits per heavy atom. The van der Waals surface area contributed by atoms with Gasteiger partial charge in [-0.15, -0.1) is 0 Å². The fourth-order valence-electron chi connectivity index (χ4n) is 6.46. The van der Waals surface area contributed by atoms with E-state index in [2.05, 4.69) is 0 Å². The molecule has 8 unspecified atom stereocenters. The van der Waals surface area contributed by atoms with E-state index >= 15 is 0 Å². The van der Waals surface area contributed by atoms with Gasteiger partial charge in [0.2, 0.25) is 10.0 Å². The Hall–Kier alpha value is -3.88. The van der Waals surface area contributed by atoms with Crippen molar-refractivity contribution in [3.63, 3.8) is 0 Å². The minimum absolute atomic E-state index is 0.0927. The molecule has 2 aliphatic heterocycles. The second-order valence-corrected chi connectivity index (χ2v) is 14.0. The van der Waals surface area contributed by atoms with E-state index in [1.165, 1.54) is 34.6 Å². The highest BCUT2D eigenvalue weighted by Crippen LogP contribution is 2.50. The third kappa shape index (κ3) is 6.25. The highest BCUT2D eigenvalue weighted by molar-refractivity contribution is 7.95. The molecule has 0 spiro atoms. The van der Waals surface area contributed by atoms with Crippen molar-refractivity contribution >= 4 is 15.7 Å². The molecular formula is C35H36FNO9S. The fourth-order valence-corrected chi connectivity index (χ4v) is 8.58. The van der Waals surface area contributed by atoms with E-state index in [4.69, 9.17) is 4.74 Å². The minimum Gasteiger partial charge on any atom is -0.508 e. The second-order valence-electron chi connectivity index (χ2n) is 11.9. The summed E-state index contributed by atoms with van der Waals surface area (Å²) in [6.45, 7) is -0.537. The van der Waals surface area contributed by atoms with Crippen molar-refractivity contribution in [2.45, 2.75) is 60.8 Å². The van der Waals surface area contributed by atoms with E-state index in [1.54, 1.807) is 66.7 Å². The van der Waals surface area contributed by atoms with Crippen LogP contribution < -0.4 is 4.31 Å². The molecule has 248 valence electrons. The zero-order chi connectivity index (χ0) is 33.5. The van der Waals surface area contributed by atoms with Gasteiger partial charge in [0.1, 0.15) is 47.3 Å². The number of phenols is 1. The largest absolute Gasteiger partial charge is 0.508 e. The number of benzene rings is 4. The van der Waals surface area contributed by atoms with Gasteiger partial charge in [-0.05, 0) is 65.4 Å². The molecule has 2 aliphatic rings. The van der Waals surface area contributed by atoms with Gasteiger partial charge in [0.25, 0.3) is 0 Å². The Morgan fingerprint density at radius 3 is 2.13 bits per heavy atom. The molecule has 47 heavy (non-hydrogen) atoms. The molecule has 10 nitrogen and oxygen atoms in total. The monoisotopic (exact) mass is 665 g/mol. The van der Waals surface area contributed by atoms with Crippen LogP contribution in [-0.4, -0.2) is 75.3 Å². The maximum atomic E-state index is 13.6. The molecule has 12 heteroatoms. The molecule has 4 aromatic rings. The highest BCUT2D eigenvalue weighted by atomic mass is 32.2. The van der Waals surface area contributed by atoms with Crippen LogP contribution in [0, 0.1) is 5.82 Å². The van der Waals surface area contributed by atoms with Gasteiger partial charge in [0.05, 0.1) is 24.4 Å². The lowest BCUT2D eigenvalue weighted by atomic mass is 9.90. The first-order valence-corrected chi connectivity index (χ1v) is 16.8. The Balaban J connectivity index is 1.25. The normalized spacial score (nSPS) is 27.6. The number of para-hydroxylation sites is 1. The van der Waals surface area contributed by atoms with Crippen molar-refractivity contribution in [3.8, 4) is 16.9 Å². The summed E-state index contributed by atoms with van der Waals surface area (Å²) < 4.78 is 47.6. The van der Waals surface area contributed by atoms with Crippen LogP contribution in [0.4, 0.5) is 10.1 Å². The number of hydrogen-bond acceptors (Lipinski definition) is 9. The number of ether oxygens (including phenoxy) is 1. The van der Waals surface area contributed by atoms with Gasteiger partial charge >= 0.3 is 0 Å². The van der Waals surface area contributed by atoms with Gasteiger partial charge in [-0.2, -0.15) is 0 Å². The highest BCUT2D eigenvalue weighted by Gasteiger charge is 2.55. The molecule has 6 rings (SSSR count). The van der Waals surface area contributed by atoms with Gasteiger partial charge < -0.3 is 35.4 Å². The van der Waals surface area contributed by atoms with Crippen LogP contribution in [0.1, 0.15) is 47.8 Å². The van der Waals surface area contributed by atoms with Crippen molar-refractivity contribution in [3.05, 3.63) is 120 Å². The zero-order valence-electron chi connectivity index (χ0n) is 25.1. The summed E-state index contributed by atoms with van der Waals surface area (Å²) in [6, 6.07) is 25.0. The second kappa shape index (κ2) is 13.3. The molecule has 6 N–H and O–H groups in total. The first-order chi connectivity index (χ1) is 22.5. The molecule has 0 radical (unpaired) electrons. The van der Waals surface area contributed by atoms with E-state index < -0.39 is 70.4 Å². The van der Waals surface area contributed by atoms with Crippen molar-refractivity contribution in [2.75, 3.05) is 10.9 Å². The van der Waals surface area contributed by atoms with Crippen LogP contribution in [-0.2, 0) is 14.8 Å². The van der Waals surface area contributed by atoms with Gasteiger partial charge in [0, 0.05) is 5.56 Å². The topological polar surface area (TPSA) is 168 Å². The molecule has 2 heterocycles. The average Bonchev–Trinajstić information content (AvgIpc) is 3.07. The van der Waals surface area contributed by atoms with Gasteiger partial charge in [-0.3, -0.25) is 4.31 Å². The Labute approximate surface area is 271 Å². The zero-order valence-corrected chi connectivity index (χ0v) is 25.9. The first-order valence-electron chi connectivity index (χ1n) is 15.3. The van der Waals surface area contributed by atoms with E-state index in [0.29, 0.717) is 33.5 Å². The van der Waals surface area contributed by atoms with Crippen LogP contribution in [0.5, 0.6) is 5.75 Å². The number of anilines is 1. The van der Waals surface area contributed by atoms with Gasteiger partial charge in [-0.25, -0.2) is 12.8 Å². The van der Waals surface area contributed by atoms with E-state index in [9.17, 15) is 43.4 Å². The summed E-state index contributed by atoms with van der Waals surface area (Å²) >= 11 is 0. The number of nitrogens with zero attached hydrogens (tertiary/aromatic N) is 1. The number of phenolic OH excluding ortho intramolecular Hbond substituents is 1. The van der Waals surface area contributed by atoms with Gasteiger partial charge in [-0.1, -0.05) is 66.7 Å². The predicted octanol–water partition coefficient (Wildman–Crippen LogP) is 3.49. The van der Waals surface area contributed by atoms with Crippen molar-refractivity contribution in [1.82, 2.24) is 0 Å². The summed E-state index contributed by atoms with van der Waals surface area (Å²) in [5.41, 5.74) is 3.15. The van der Waals surface area contributed by atoms with Crippen LogP contribution in [0.15, 0.2) is 97.1 Å². The lowest BCUT2D eigenvalue weighted by Gasteiger charge is -2.48. The van der Waals surface area contributed by atoms with E-state index in [-0.39, 0.29) is 18.6 Å². The lowest BCUT2D eigenvalue weighted by molar-refractivity contribution is -0.231. The molecule has 0 aromatic heterocycles. The van der Waals surface area contributed by atoms with E-state index in [1.807, 2.05) is 0 Å². The lowest BCUT2D eigenvalue weighted by Crippen LogP contribution is -2.58. The summed E-state index contributed by atoms with van der Waals surface area (Å²) in [7, 11) is -3.84. The Kier molecular flexibility index (Phi) is 9.36. The summed E-state index contributed by atoms with van der Waals surface area (Å²) in [6.07, 6.45) is -7.21. The van der Waals surface area contributed by atoms with Crippen LogP contribution >= 0.6 is 0 Å². The number of sulfonamides is 1. The number of aliphatic hydroxyl groups excluding tert-OH is 5. The molecule has 0 aliphatic carbocycles. The van der Waals surface area contributed by atoms with E-state index in [0.717, 1.165) is 0 Å². The number of aromatic hydroxyl groups is 1. The maximum Gasteiger partial charge on any atom is 0.241 e. The summed E-state index contributed by atoms with van der Waals surface area (Å²) in [4.78, 5) is 0. The Morgan fingerprint density at radius 2 is 1.49 bits per heavy atom. The quantitative estimate of drug-likeness (QED) is 0.157. The fraction of sp³-hybridized carbons (Fsp3) is 0.314. The first kappa shape index (κ1) is 33.0. The summed E-state index contributed by atoms with van der Waals surface area (Å²) in [5.74, 6) is -0.560. The van der Waals surface area contributed by atoms with Crippen LogP contribution in [0.2, 0.25) is 0 Å². The predicted molar refractivity (Wildman–Crippen MR) is 171 cm³/mol. The SMILES string of the molecule is O=S1(=O)C(CCC(O)c2ccc(F)cc2)C(c2ccc(-c3ccc(C4OC(CO)C(O)C(O)C4O)cc3)cc2O)N1c1ccccc1. The number of halogens is 1. The third-order valence-electron chi connectivity index (χ3n) is 9.07. The third-order valence-corrected chi connectivity index (χ3v) is 11.3. The number of rotatable bonds is 9. The molecule has 2 saturated heterocycles. The molecular weight excluding hydrogens is 629 g/mol. The number of aliphatic hydroxyl groups is 5. The van der Waals surface area contributed by atoms with Crippen molar-refractivity contribution < 1.29 is 48.2 Å². The molecule has 0 amide bonds. The van der Waals surface area contributed by atoms with Crippen molar-refractivity contribution in [1.29, 1.82) is 0 Å². The number of hydrogen-bond donors (Lipinski definition) is 6. The standard InChI is InChI=1S/C35H36FNO9S/c36-24-13-10-21(11-14-24)27(39)16-17-30-31(37(47(30,44)45)25-4-2-1-3-5-25)26-15-12-23(18-28(26)40)20-6-8-22(9-7-20)35-34(43)33(42)32(41)29(19-38)46-35/h1-15,18,27,29-35,38-43H,16-17,19H2. The van der Waals surface area contributed by atoms with Crippen LogP contribution in [0.3, 0.4) is 0 Å². The molecule has 0 bridgehead atoms. The Bertz CT molecular complexity index is 1790.